The predicted octanol–water partition coefficient (Wildman–Crippen LogP) is -1.16. The fraction of sp³-hybridized carbons (Fsp3) is 0.625. The number of aromatic hydroxyl groups is 1. The molecule has 2 aliphatic rings. The molecule has 25 heteroatoms. The number of ether oxygens (including phenoxy) is 3. The van der Waals surface area contributed by atoms with Crippen LogP contribution >= 0.6 is 0 Å². The summed E-state index contributed by atoms with van der Waals surface area (Å²) in [7, 11) is 0. The van der Waals surface area contributed by atoms with Gasteiger partial charge in [0.05, 0.1) is 68.9 Å². The number of nitrogens with two attached hydrogens (primary N) is 2. The van der Waals surface area contributed by atoms with Gasteiger partial charge in [-0.2, -0.15) is 15.0 Å². The molecule has 24 nitrogen and oxygen atoms in total. The Bertz CT molecular complexity index is 2370. The first-order chi connectivity index (χ1) is 34.8. The van der Waals surface area contributed by atoms with Gasteiger partial charge in [0, 0.05) is 65.3 Å². The van der Waals surface area contributed by atoms with Crippen LogP contribution in [0.2, 0.25) is 0 Å². The molecule has 0 aliphatic carbocycles. The molecule has 2 aliphatic heterocycles. The minimum Gasteiger partial charge on any atom is -1.00 e. The van der Waals surface area contributed by atoms with Gasteiger partial charge in [-0.25, -0.2) is 9.36 Å². The second-order valence-corrected chi connectivity index (χ2v) is 18.2. The largest absolute Gasteiger partial charge is 1.00 e. The number of benzene rings is 1. The lowest BCUT2D eigenvalue weighted by molar-refractivity contribution is -0.139. The number of terminal acetylenes is 1. The number of phenolic OH excluding ortho intramolecular Hbond substituents is 1. The van der Waals surface area contributed by atoms with E-state index in [9.17, 15) is 24.6 Å². The van der Waals surface area contributed by atoms with Gasteiger partial charge in [-0.15, -0.1) is 16.6 Å². The summed E-state index contributed by atoms with van der Waals surface area (Å²) in [5.74, 6) is 2.53. The van der Waals surface area contributed by atoms with Gasteiger partial charge < -0.3 is 73.2 Å². The van der Waals surface area contributed by atoms with Crippen LogP contribution in [0.1, 0.15) is 94.5 Å². The number of rotatable bonds is 28. The van der Waals surface area contributed by atoms with Crippen molar-refractivity contribution in [2.24, 2.45) is 23.3 Å². The molecular formula is C48H72ClN16O8-. The summed E-state index contributed by atoms with van der Waals surface area (Å²) in [6, 6.07) is 4.56. The number of carboxylic acids is 1. The van der Waals surface area contributed by atoms with Crippen molar-refractivity contribution >= 4 is 35.6 Å². The van der Waals surface area contributed by atoms with Crippen LogP contribution in [0.5, 0.6) is 5.75 Å². The van der Waals surface area contributed by atoms with Crippen LogP contribution in [0.4, 0.5) is 17.8 Å². The van der Waals surface area contributed by atoms with E-state index in [-0.39, 0.29) is 67.3 Å². The van der Waals surface area contributed by atoms with Gasteiger partial charge in [0.25, 0.3) is 0 Å². The molecule has 0 saturated carbocycles. The molecule has 73 heavy (non-hydrogen) atoms. The zero-order valence-corrected chi connectivity index (χ0v) is 43.1. The Morgan fingerprint density at radius 1 is 0.753 bits per heavy atom. The minimum absolute atomic E-state index is 0. The van der Waals surface area contributed by atoms with Gasteiger partial charge in [0.1, 0.15) is 24.4 Å². The van der Waals surface area contributed by atoms with Crippen LogP contribution in [-0.4, -0.2) is 181 Å². The first-order valence-corrected chi connectivity index (χ1v) is 24.9. The van der Waals surface area contributed by atoms with Crippen molar-refractivity contribution < 1.29 is 51.2 Å². The molecule has 2 amide bonds. The number of piperazine rings is 2. The molecule has 2 saturated heterocycles. The van der Waals surface area contributed by atoms with E-state index in [0.717, 1.165) is 18.4 Å². The summed E-state index contributed by atoms with van der Waals surface area (Å²) < 4.78 is 19.6. The van der Waals surface area contributed by atoms with E-state index in [1.165, 1.54) is 4.68 Å². The van der Waals surface area contributed by atoms with E-state index in [0.29, 0.717) is 128 Å². The zero-order valence-electron chi connectivity index (χ0n) is 42.3. The van der Waals surface area contributed by atoms with Gasteiger partial charge in [0.15, 0.2) is 0 Å². The van der Waals surface area contributed by atoms with Gasteiger partial charge >= 0.3 is 5.97 Å². The van der Waals surface area contributed by atoms with E-state index in [1.54, 1.807) is 34.1 Å². The number of phenols is 1. The second-order valence-electron chi connectivity index (χ2n) is 18.2. The first-order valence-electron chi connectivity index (χ1n) is 24.9. The molecule has 1 aromatic carbocycles. The maximum absolute atomic E-state index is 14.4. The molecule has 0 bridgehead atoms. The summed E-state index contributed by atoms with van der Waals surface area (Å²) in [5, 5.41) is 39.8. The topological polar surface area (TPSA) is 296 Å². The number of carboxylic acid groups (broad SMARTS) is 1. The Labute approximate surface area is 432 Å². The van der Waals surface area contributed by atoms with Gasteiger partial charge in [-0.3, -0.25) is 14.4 Å². The van der Waals surface area contributed by atoms with Crippen molar-refractivity contribution in [1.82, 2.24) is 54.7 Å². The smallest absolute Gasteiger partial charge is 0.303 e. The maximum Gasteiger partial charge on any atom is 0.303 e. The number of carbonyl (C=O) groups is 3. The van der Waals surface area contributed by atoms with Crippen LogP contribution in [0.3, 0.4) is 0 Å². The highest BCUT2D eigenvalue weighted by Gasteiger charge is 2.35. The van der Waals surface area contributed by atoms with Crippen molar-refractivity contribution in [3.8, 4) is 18.1 Å². The first kappa shape index (κ1) is 57.7. The lowest BCUT2D eigenvalue weighted by Crippen LogP contribution is -3.00. The summed E-state index contributed by atoms with van der Waals surface area (Å²) in [6.45, 7) is 13.8. The molecule has 3 unspecified atom stereocenters. The van der Waals surface area contributed by atoms with Crippen LogP contribution < -0.4 is 39.0 Å². The molecule has 7 N–H and O–H groups in total. The van der Waals surface area contributed by atoms with Gasteiger partial charge in [0.2, 0.25) is 29.7 Å². The highest BCUT2D eigenvalue weighted by atomic mass is 35.5. The van der Waals surface area contributed by atoms with E-state index < -0.39 is 24.1 Å². The Morgan fingerprint density at radius 2 is 1.30 bits per heavy atom. The average Bonchev–Trinajstić information content (AvgIpc) is 4.09. The molecule has 4 aromatic rings. The van der Waals surface area contributed by atoms with E-state index >= 15 is 0 Å². The minimum atomic E-state index is -1.02. The lowest BCUT2D eigenvalue weighted by Gasteiger charge is -2.38. The summed E-state index contributed by atoms with van der Waals surface area (Å²) in [5.41, 5.74) is 15.0. The highest BCUT2D eigenvalue weighted by molar-refractivity contribution is 5.82. The fourth-order valence-corrected chi connectivity index (χ4v) is 8.37. The third-order valence-electron chi connectivity index (χ3n) is 13.2. The number of halogens is 1. The van der Waals surface area contributed by atoms with Crippen molar-refractivity contribution in [3.05, 3.63) is 53.6 Å². The van der Waals surface area contributed by atoms with Gasteiger partial charge in [-0.1, -0.05) is 69.0 Å². The number of nitrogens with one attached hydrogen (secondary N) is 1. The fourth-order valence-electron chi connectivity index (χ4n) is 8.37. The highest BCUT2D eigenvalue weighted by Crippen LogP contribution is 2.28. The number of amides is 2. The molecule has 6 atom stereocenters. The number of aliphatic carboxylic acids is 1. The standard InChI is InChI=1S/C48H72N16O8.ClH/c1-6-24-70-26-28-72-29-27-71-25-15-51-46-52-47(61-20-16-59(17-21-61)44(68)40(13-14-41(66)67)63-32-39(56-57-63)42(50)33(4)7-2)54-48(53-46)62-22-18-60(19-23-62)45(69)43(34(5)8-3)64-31-38(55-58-64)37(49)30-35-9-11-36(65)12-10-35;/h1,9-12,31-34,37,40,42-43,65H,7-8,13-30,49-50H2,2-5H3,(H,66,67)(H,51,52,53,54);1H/p-1/t33-,34+,37?,40+,42?,43?;/m1./s1. The Hall–Kier alpha value is -6.23. The number of hydrogen-bond donors (Lipinski definition) is 5. The summed E-state index contributed by atoms with van der Waals surface area (Å²) in [6.07, 6.45) is 10.5. The summed E-state index contributed by atoms with van der Waals surface area (Å²) in [4.78, 5) is 62.3. The lowest BCUT2D eigenvalue weighted by atomic mass is 9.97. The van der Waals surface area contributed by atoms with Gasteiger partial charge in [-0.05, 0) is 42.4 Å². The van der Waals surface area contributed by atoms with E-state index in [4.69, 9.17) is 47.1 Å². The maximum atomic E-state index is 14.4. The summed E-state index contributed by atoms with van der Waals surface area (Å²) >= 11 is 0. The van der Waals surface area contributed by atoms with Crippen molar-refractivity contribution in [2.45, 2.75) is 84.0 Å². The van der Waals surface area contributed by atoms with Crippen LogP contribution in [0.25, 0.3) is 0 Å². The normalized spacial score (nSPS) is 16.5. The molecule has 400 valence electrons. The number of nitrogens with zero attached hydrogens (tertiary/aromatic N) is 13. The molecular weight excluding hydrogens is 964 g/mol. The molecule has 3 aromatic heterocycles. The van der Waals surface area contributed by atoms with Crippen LogP contribution in [0, 0.1) is 24.2 Å². The van der Waals surface area contributed by atoms with Crippen molar-refractivity contribution in [1.29, 1.82) is 0 Å². The molecule has 5 heterocycles. The average molecular weight is 1040 g/mol. The molecule has 2 fully saturated rings. The van der Waals surface area contributed by atoms with Crippen LogP contribution in [-0.2, 0) is 35.0 Å². The zero-order chi connectivity index (χ0) is 51.6. The Balaban J connectivity index is 0.00000988. The predicted molar refractivity (Wildman–Crippen MR) is 267 cm³/mol. The number of aromatic nitrogens is 9. The number of hydrogen-bond acceptors (Lipinski definition) is 19. The van der Waals surface area contributed by atoms with Crippen LogP contribution in [0.15, 0.2) is 36.7 Å². The van der Waals surface area contributed by atoms with E-state index in [2.05, 4.69) is 31.9 Å². The molecule has 0 radical (unpaired) electrons. The Morgan fingerprint density at radius 3 is 1.89 bits per heavy atom. The van der Waals surface area contributed by atoms with E-state index in [1.807, 2.05) is 54.5 Å². The van der Waals surface area contributed by atoms with Crippen molar-refractivity contribution in [2.75, 3.05) is 114 Å². The Kier molecular flexibility index (Phi) is 22.8. The molecule has 0 spiro atoms. The monoisotopic (exact) mass is 1040 g/mol. The quantitative estimate of drug-likeness (QED) is 0.0331. The third-order valence-corrected chi connectivity index (χ3v) is 13.2. The van der Waals surface area contributed by atoms with Crippen molar-refractivity contribution in [3.63, 3.8) is 0 Å². The number of anilines is 3. The second kappa shape index (κ2) is 28.9. The molecule has 6 rings (SSSR count). The SMILES string of the molecule is C#CCOCCOCCOCCNc1nc(N2CCN(C(=O)C([C@@H](C)CC)n3cc(C(N)Cc4ccc(O)cc4)nn3)CC2)nc(N2CCN(C(=O)[C@H](CCC(=O)O)n3cc(C(N)[C@H](C)CC)nn3)CC2)n1.[Cl-]. The third kappa shape index (κ3) is 16.4. The number of carbonyl (C=O) groups excluding carboxylic acids is 2.